The summed E-state index contributed by atoms with van der Waals surface area (Å²) in [5.41, 5.74) is 0.645. The van der Waals surface area contributed by atoms with E-state index in [1.165, 1.54) is 6.07 Å². The van der Waals surface area contributed by atoms with Gasteiger partial charge >= 0.3 is 0 Å². The average Bonchev–Trinajstić information content (AvgIpc) is 1.86. The van der Waals surface area contributed by atoms with Crippen molar-refractivity contribution in [3.63, 3.8) is 0 Å². The highest BCUT2D eigenvalue weighted by atomic mass is 32.2. The van der Waals surface area contributed by atoms with Gasteiger partial charge < -0.3 is 0 Å². The Labute approximate surface area is 65.9 Å². The summed E-state index contributed by atoms with van der Waals surface area (Å²) >= 11 is 0. The lowest BCUT2D eigenvalue weighted by Gasteiger charge is -1.99. The molecule has 0 bridgehead atoms. The molecular weight excluding hydrogens is 162 g/mol. The van der Waals surface area contributed by atoms with Crippen LogP contribution in [0.4, 0.5) is 0 Å². The number of hydrogen-bond donors (Lipinski definition) is 1. The van der Waals surface area contributed by atoms with E-state index in [1.807, 2.05) is 0 Å². The summed E-state index contributed by atoms with van der Waals surface area (Å²) in [6, 6.07) is 7.31. The molecule has 2 N–H and O–H groups in total. The molecule has 1 aromatic carbocycles. The van der Waals surface area contributed by atoms with Gasteiger partial charge in [0.05, 0.1) is 4.90 Å². The summed E-state index contributed by atoms with van der Waals surface area (Å²) < 4.78 is 21.6. The molecule has 0 saturated carbocycles. The van der Waals surface area contributed by atoms with Crippen LogP contribution in [0.2, 0.25) is 0 Å². The van der Waals surface area contributed by atoms with Crippen LogP contribution in [0.3, 0.4) is 0 Å². The molecule has 0 spiro atoms. The molecule has 0 fully saturated rings. The topological polar surface area (TPSA) is 60.2 Å². The van der Waals surface area contributed by atoms with Crippen molar-refractivity contribution in [1.82, 2.24) is 0 Å². The van der Waals surface area contributed by atoms with E-state index in [1.54, 1.807) is 19.1 Å². The summed E-state index contributed by atoms with van der Waals surface area (Å²) in [5, 5.41) is 4.91. The molecule has 11 heavy (non-hydrogen) atoms. The predicted octanol–water partition coefficient (Wildman–Crippen LogP) is 0.443. The number of hydrogen-bond acceptors (Lipinski definition) is 2. The van der Waals surface area contributed by atoms with Gasteiger partial charge in [-0.3, -0.25) is 0 Å². The van der Waals surface area contributed by atoms with E-state index in [9.17, 15) is 8.42 Å². The SMILES string of the molecule is Cc1cc[c]cc1S(N)(=O)=O. The molecule has 0 saturated heterocycles. The predicted molar refractivity (Wildman–Crippen MR) is 41.4 cm³/mol. The van der Waals surface area contributed by atoms with E-state index in [4.69, 9.17) is 5.14 Å². The van der Waals surface area contributed by atoms with Gasteiger partial charge in [0.2, 0.25) is 10.0 Å². The molecule has 1 aromatic rings. The van der Waals surface area contributed by atoms with Gasteiger partial charge in [-0.2, -0.15) is 0 Å². The maximum Gasteiger partial charge on any atom is 0.238 e. The zero-order valence-electron chi connectivity index (χ0n) is 6.03. The van der Waals surface area contributed by atoms with Gasteiger partial charge in [0.25, 0.3) is 0 Å². The van der Waals surface area contributed by atoms with Crippen molar-refractivity contribution in [2.24, 2.45) is 5.14 Å². The molecule has 1 rings (SSSR count). The van der Waals surface area contributed by atoms with E-state index in [2.05, 4.69) is 6.07 Å². The number of aryl methyl sites for hydroxylation is 1. The Balaban J connectivity index is 3.37. The van der Waals surface area contributed by atoms with Crippen LogP contribution < -0.4 is 5.14 Å². The Morgan fingerprint density at radius 1 is 1.55 bits per heavy atom. The highest BCUT2D eigenvalue weighted by molar-refractivity contribution is 7.89. The largest absolute Gasteiger partial charge is 0.238 e. The molecule has 3 nitrogen and oxygen atoms in total. The fraction of sp³-hybridized carbons (Fsp3) is 0.143. The average molecular weight is 170 g/mol. The minimum absolute atomic E-state index is 0.139. The Bertz CT molecular complexity index is 356. The van der Waals surface area contributed by atoms with Gasteiger partial charge in [0, 0.05) is 0 Å². The van der Waals surface area contributed by atoms with Gasteiger partial charge in [-0.15, -0.1) is 0 Å². The summed E-state index contributed by atoms with van der Waals surface area (Å²) in [4.78, 5) is 0.139. The van der Waals surface area contributed by atoms with Crippen LogP contribution in [0.5, 0.6) is 0 Å². The Morgan fingerprint density at radius 3 is 2.55 bits per heavy atom. The van der Waals surface area contributed by atoms with Crippen molar-refractivity contribution >= 4 is 10.0 Å². The van der Waals surface area contributed by atoms with E-state index in [-0.39, 0.29) is 4.90 Å². The van der Waals surface area contributed by atoms with Crippen molar-refractivity contribution < 1.29 is 8.42 Å². The first-order valence-electron chi connectivity index (χ1n) is 3.01. The molecule has 0 aromatic heterocycles. The Kier molecular flexibility index (Phi) is 1.97. The van der Waals surface area contributed by atoms with Gasteiger partial charge in [-0.25, -0.2) is 13.6 Å². The standard InChI is InChI=1S/C7H8NO2S/c1-6-4-2-3-5-7(6)11(8,9)10/h2,4-5H,1H3,(H2,8,9,10). The lowest BCUT2D eigenvalue weighted by Crippen LogP contribution is -2.13. The van der Waals surface area contributed by atoms with Crippen molar-refractivity contribution in [2.75, 3.05) is 0 Å². The lowest BCUT2D eigenvalue weighted by atomic mass is 10.2. The maximum absolute atomic E-state index is 10.8. The molecule has 0 amide bonds. The van der Waals surface area contributed by atoms with Crippen LogP contribution in [0.15, 0.2) is 23.1 Å². The molecule has 0 heterocycles. The maximum atomic E-state index is 10.8. The highest BCUT2D eigenvalue weighted by Gasteiger charge is 2.08. The molecule has 1 radical (unpaired) electrons. The Morgan fingerprint density at radius 2 is 2.18 bits per heavy atom. The van der Waals surface area contributed by atoms with E-state index in [0.717, 1.165) is 0 Å². The minimum atomic E-state index is -3.56. The summed E-state index contributed by atoms with van der Waals surface area (Å²) in [6.07, 6.45) is 0. The van der Waals surface area contributed by atoms with Crippen LogP contribution in [-0.4, -0.2) is 8.42 Å². The molecule has 0 atom stereocenters. The fourth-order valence-corrected chi connectivity index (χ4v) is 1.55. The zero-order valence-corrected chi connectivity index (χ0v) is 6.85. The van der Waals surface area contributed by atoms with Crippen LogP contribution in [0.25, 0.3) is 0 Å². The number of nitrogens with two attached hydrogens (primary N) is 1. The number of primary sulfonamides is 1. The molecule has 0 aliphatic carbocycles. The number of rotatable bonds is 1. The molecule has 0 unspecified atom stereocenters. The second-order valence-electron chi connectivity index (χ2n) is 2.24. The van der Waals surface area contributed by atoms with Crippen LogP contribution in [0, 0.1) is 13.0 Å². The first-order valence-corrected chi connectivity index (χ1v) is 4.56. The summed E-state index contributed by atoms with van der Waals surface area (Å²) in [6.45, 7) is 1.69. The molecule has 4 heteroatoms. The smallest absolute Gasteiger partial charge is 0.225 e. The molecule has 0 aliphatic rings. The fourth-order valence-electron chi connectivity index (χ4n) is 0.799. The first-order chi connectivity index (χ1) is 5.02. The molecule has 59 valence electrons. The van der Waals surface area contributed by atoms with Crippen molar-refractivity contribution in [1.29, 1.82) is 0 Å². The number of sulfonamides is 1. The highest BCUT2D eigenvalue weighted by Crippen LogP contribution is 2.10. The van der Waals surface area contributed by atoms with Crippen molar-refractivity contribution in [3.8, 4) is 0 Å². The summed E-state index contributed by atoms with van der Waals surface area (Å²) in [7, 11) is -3.56. The van der Waals surface area contributed by atoms with Gasteiger partial charge in [-0.1, -0.05) is 12.1 Å². The monoisotopic (exact) mass is 170 g/mol. The Hall–Kier alpha value is -0.870. The molecular formula is C7H8NO2S. The van der Waals surface area contributed by atoms with Gasteiger partial charge in [0.15, 0.2) is 0 Å². The van der Waals surface area contributed by atoms with Crippen LogP contribution >= 0.6 is 0 Å². The van der Waals surface area contributed by atoms with Crippen LogP contribution in [0.1, 0.15) is 5.56 Å². The number of benzene rings is 1. The van der Waals surface area contributed by atoms with E-state index in [0.29, 0.717) is 5.56 Å². The van der Waals surface area contributed by atoms with Crippen molar-refractivity contribution in [3.05, 3.63) is 29.8 Å². The van der Waals surface area contributed by atoms with Crippen LogP contribution in [-0.2, 0) is 10.0 Å². The minimum Gasteiger partial charge on any atom is -0.225 e. The van der Waals surface area contributed by atoms with Gasteiger partial charge in [-0.05, 0) is 24.6 Å². The normalized spacial score (nSPS) is 11.5. The van der Waals surface area contributed by atoms with E-state index >= 15 is 0 Å². The van der Waals surface area contributed by atoms with E-state index < -0.39 is 10.0 Å². The third-order valence-electron chi connectivity index (χ3n) is 1.34. The molecule has 0 aliphatic heterocycles. The first kappa shape index (κ1) is 8.23. The second-order valence-corrected chi connectivity index (χ2v) is 3.77. The lowest BCUT2D eigenvalue weighted by molar-refractivity contribution is 0.597. The second kappa shape index (κ2) is 2.64. The summed E-state index contributed by atoms with van der Waals surface area (Å²) in [5.74, 6) is 0. The van der Waals surface area contributed by atoms with Crippen molar-refractivity contribution in [2.45, 2.75) is 11.8 Å². The third-order valence-corrected chi connectivity index (χ3v) is 2.39. The van der Waals surface area contributed by atoms with Gasteiger partial charge in [0.1, 0.15) is 0 Å². The third kappa shape index (κ3) is 1.78. The quantitative estimate of drug-likeness (QED) is 0.665. The zero-order chi connectivity index (χ0) is 8.48.